The molecule has 0 aliphatic heterocycles. The summed E-state index contributed by atoms with van der Waals surface area (Å²) < 4.78 is 7.00. The van der Waals surface area contributed by atoms with Crippen LogP contribution in [0, 0.1) is 6.92 Å². The second-order valence-corrected chi connectivity index (χ2v) is 8.58. The van der Waals surface area contributed by atoms with Crippen LogP contribution in [0.15, 0.2) is 60.8 Å². The maximum atomic E-state index is 11.9. The summed E-state index contributed by atoms with van der Waals surface area (Å²) in [5.41, 5.74) is 11.3. The van der Waals surface area contributed by atoms with Gasteiger partial charge in [-0.05, 0) is 75.2 Å². The quantitative estimate of drug-likeness (QED) is 0.375. The summed E-state index contributed by atoms with van der Waals surface area (Å²) in [6.07, 6.45) is 1.42. The van der Waals surface area contributed by atoms with Crippen molar-refractivity contribution in [1.82, 2.24) is 14.6 Å². The fourth-order valence-electron chi connectivity index (χ4n) is 3.17. The van der Waals surface area contributed by atoms with E-state index in [1.54, 1.807) is 4.52 Å². The fourth-order valence-corrected chi connectivity index (χ4v) is 3.17. The number of anilines is 4. The summed E-state index contributed by atoms with van der Waals surface area (Å²) in [4.78, 5) is 16.5. The molecule has 0 aliphatic carbocycles. The summed E-state index contributed by atoms with van der Waals surface area (Å²) in [6.45, 7) is 7.48. The number of fused-ring (bicyclic) bond motifs is 1. The van der Waals surface area contributed by atoms with Gasteiger partial charge in [0.2, 0.25) is 5.95 Å². The molecule has 164 valence electrons. The molecule has 0 spiro atoms. The smallest absolute Gasteiger partial charge is 0.412 e. The van der Waals surface area contributed by atoms with Gasteiger partial charge in [-0.15, -0.1) is 5.10 Å². The van der Waals surface area contributed by atoms with Crippen LogP contribution in [0.4, 0.5) is 27.8 Å². The van der Waals surface area contributed by atoms with Crippen LogP contribution in [-0.2, 0) is 4.74 Å². The molecular formula is C24H26N6O2. The number of nitrogens with two attached hydrogens (primary N) is 1. The van der Waals surface area contributed by atoms with E-state index in [0.29, 0.717) is 23.0 Å². The van der Waals surface area contributed by atoms with E-state index < -0.39 is 11.7 Å². The van der Waals surface area contributed by atoms with E-state index in [1.807, 2.05) is 88.5 Å². The van der Waals surface area contributed by atoms with Crippen molar-refractivity contribution in [2.75, 3.05) is 16.4 Å². The molecule has 2 aromatic heterocycles. The molecule has 0 aliphatic rings. The van der Waals surface area contributed by atoms with E-state index in [-0.39, 0.29) is 0 Å². The van der Waals surface area contributed by atoms with Gasteiger partial charge < -0.3 is 15.8 Å². The third kappa shape index (κ3) is 4.97. The first kappa shape index (κ1) is 21.2. The highest BCUT2D eigenvalue weighted by molar-refractivity contribution is 5.85. The summed E-state index contributed by atoms with van der Waals surface area (Å²) in [5, 5.41) is 10.4. The molecule has 4 N–H and O–H groups in total. The summed E-state index contributed by atoms with van der Waals surface area (Å²) >= 11 is 0. The summed E-state index contributed by atoms with van der Waals surface area (Å²) in [5.74, 6) is 0.469. The molecule has 8 heteroatoms. The number of benzene rings is 2. The molecule has 0 unspecified atom stereocenters. The van der Waals surface area contributed by atoms with Crippen molar-refractivity contribution in [2.24, 2.45) is 0 Å². The number of pyridine rings is 1. The van der Waals surface area contributed by atoms with E-state index in [2.05, 4.69) is 20.7 Å². The monoisotopic (exact) mass is 430 g/mol. The first-order chi connectivity index (χ1) is 15.2. The van der Waals surface area contributed by atoms with Gasteiger partial charge in [-0.1, -0.05) is 18.2 Å². The van der Waals surface area contributed by atoms with Crippen LogP contribution in [0.2, 0.25) is 0 Å². The molecule has 0 radical (unpaired) electrons. The first-order valence-corrected chi connectivity index (χ1v) is 10.3. The highest BCUT2D eigenvalue weighted by Gasteiger charge is 2.16. The Kier molecular flexibility index (Phi) is 5.44. The lowest BCUT2D eigenvalue weighted by Gasteiger charge is -2.19. The van der Waals surface area contributed by atoms with Gasteiger partial charge in [-0.3, -0.25) is 5.32 Å². The standard InChI is InChI=1S/C24H26N6O2/c1-15-5-11-19(25)20(13-15)27-22-28-21-12-8-17(14-30(21)29-22)16-6-9-18(10-7-16)26-23(31)32-24(2,3)4/h5-14H,25H2,1-4H3,(H,26,31)(H,27,29). The zero-order valence-corrected chi connectivity index (χ0v) is 18.5. The molecule has 4 rings (SSSR count). The van der Waals surface area contributed by atoms with Crippen LogP contribution in [0.25, 0.3) is 16.8 Å². The molecule has 4 aromatic rings. The number of amides is 1. The van der Waals surface area contributed by atoms with Gasteiger partial charge in [0.15, 0.2) is 5.65 Å². The minimum atomic E-state index is -0.546. The molecule has 0 saturated heterocycles. The number of nitrogen functional groups attached to an aromatic ring is 1. The van der Waals surface area contributed by atoms with Crippen molar-refractivity contribution >= 4 is 34.8 Å². The van der Waals surface area contributed by atoms with E-state index in [0.717, 1.165) is 22.4 Å². The number of rotatable bonds is 4. The Labute approximate surface area is 186 Å². The molecule has 32 heavy (non-hydrogen) atoms. The number of aryl methyl sites for hydroxylation is 1. The molecular weight excluding hydrogens is 404 g/mol. The first-order valence-electron chi connectivity index (χ1n) is 10.3. The van der Waals surface area contributed by atoms with Crippen LogP contribution in [-0.4, -0.2) is 26.3 Å². The second-order valence-electron chi connectivity index (χ2n) is 8.58. The number of ether oxygens (including phenoxy) is 1. The molecule has 0 atom stereocenters. The normalized spacial score (nSPS) is 11.4. The summed E-state index contributed by atoms with van der Waals surface area (Å²) in [6, 6.07) is 17.2. The zero-order chi connectivity index (χ0) is 22.9. The Balaban J connectivity index is 1.51. The fraction of sp³-hybridized carbons (Fsp3) is 0.208. The van der Waals surface area contributed by atoms with E-state index in [1.165, 1.54) is 0 Å². The predicted octanol–water partition coefficient (Wildman–Crippen LogP) is 5.38. The average molecular weight is 431 g/mol. The number of aromatic nitrogens is 3. The minimum absolute atomic E-state index is 0.469. The van der Waals surface area contributed by atoms with Gasteiger partial charge in [0, 0.05) is 17.4 Å². The number of carbonyl (C=O) groups is 1. The number of nitrogens with zero attached hydrogens (tertiary/aromatic N) is 3. The Morgan fingerprint density at radius 1 is 1.03 bits per heavy atom. The topological polar surface area (TPSA) is 107 Å². The molecule has 8 nitrogen and oxygen atoms in total. The van der Waals surface area contributed by atoms with Crippen molar-refractivity contribution in [3.05, 3.63) is 66.4 Å². The molecule has 0 bridgehead atoms. The van der Waals surface area contributed by atoms with Crippen molar-refractivity contribution in [3.8, 4) is 11.1 Å². The van der Waals surface area contributed by atoms with Crippen LogP contribution in [0.3, 0.4) is 0 Å². The number of carbonyl (C=O) groups excluding carboxylic acids is 1. The lowest BCUT2D eigenvalue weighted by molar-refractivity contribution is 0.0636. The third-order valence-electron chi connectivity index (χ3n) is 4.65. The van der Waals surface area contributed by atoms with Crippen LogP contribution >= 0.6 is 0 Å². The second kappa shape index (κ2) is 8.22. The molecule has 2 aromatic carbocycles. The largest absolute Gasteiger partial charge is 0.444 e. The van der Waals surface area contributed by atoms with Crippen molar-refractivity contribution in [2.45, 2.75) is 33.3 Å². The Hall–Kier alpha value is -4.07. The summed E-state index contributed by atoms with van der Waals surface area (Å²) in [7, 11) is 0. The van der Waals surface area contributed by atoms with E-state index in [9.17, 15) is 4.79 Å². The van der Waals surface area contributed by atoms with E-state index >= 15 is 0 Å². The Morgan fingerprint density at radius 3 is 2.47 bits per heavy atom. The van der Waals surface area contributed by atoms with Crippen molar-refractivity contribution < 1.29 is 9.53 Å². The zero-order valence-electron chi connectivity index (χ0n) is 18.5. The van der Waals surface area contributed by atoms with Crippen molar-refractivity contribution in [3.63, 3.8) is 0 Å². The van der Waals surface area contributed by atoms with Gasteiger partial charge in [0.05, 0.1) is 11.4 Å². The van der Waals surface area contributed by atoms with Gasteiger partial charge in [0.1, 0.15) is 5.60 Å². The lowest BCUT2D eigenvalue weighted by atomic mass is 10.1. The number of nitrogens with one attached hydrogen (secondary N) is 2. The van der Waals surface area contributed by atoms with Gasteiger partial charge in [-0.2, -0.15) is 4.98 Å². The van der Waals surface area contributed by atoms with Gasteiger partial charge in [-0.25, -0.2) is 9.31 Å². The van der Waals surface area contributed by atoms with Crippen LogP contribution in [0.5, 0.6) is 0 Å². The highest BCUT2D eigenvalue weighted by Crippen LogP contribution is 2.25. The Bertz CT molecular complexity index is 1270. The number of hydrogen-bond acceptors (Lipinski definition) is 6. The number of hydrogen-bond donors (Lipinski definition) is 3. The van der Waals surface area contributed by atoms with Gasteiger partial charge in [0.25, 0.3) is 0 Å². The Morgan fingerprint density at radius 2 is 1.75 bits per heavy atom. The minimum Gasteiger partial charge on any atom is -0.444 e. The molecule has 0 saturated carbocycles. The molecule has 0 fully saturated rings. The van der Waals surface area contributed by atoms with E-state index in [4.69, 9.17) is 10.5 Å². The highest BCUT2D eigenvalue weighted by atomic mass is 16.6. The van der Waals surface area contributed by atoms with Crippen molar-refractivity contribution in [1.29, 1.82) is 0 Å². The van der Waals surface area contributed by atoms with Crippen LogP contribution < -0.4 is 16.4 Å². The third-order valence-corrected chi connectivity index (χ3v) is 4.65. The predicted molar refractivity (Wildman–Crippen MR) is 127 cm³/mol. The molecule has 2 heterocycles. The lowest BCUT2D eigenvalue weighted by Crippen LogP contribution is -2.27. The maximum absolute atomic E-state index is 11.9. The maximum Gasteiger partial charge on any atom is 0.412 e. The van der Waals surface area contributed by atoms with Gasteiger partial charge >= 0.3 is 6.09 Å². The van der Waals surface area contributed by atoms with Crippen LogP contribution in [0.1, 0.15) is 26.3 Å². The SMILES string of the molecule is Cc1ccc(N)c(Nc2nc3ccc(-c4ccc(NC(=O)OC(C)(C)C)cc4)cn3n2)c1. The molecule has 1 amide bonds. The average Bonchev–Trinajstić information content (AvgIpc) is 3.11.